The Labute approximate surface area is 193 Å². The maximum atomic E-state index is 13.5. The summed E-state index contributed by atoms with van der Waals surface area (Å²) in [6.45, 7) is 0.277. The van der Waals surface area contributed by atoms with Crippen molar-refractivity contribution in [1.29, 1.82) is 0 Å². The normalized spacial score (nSPS) is 11.2. The van der Waals surface area contributed by atoms with E-state index in [0.29, 0.717) is 27.2 Å². The van der Waals surface area contributed by atoms with E-state index >= 15 is 0 Å². The molecule has 0 fully saturated rings. The highest BCUT2D eigenvalue weighted by molar-refractivity contribution is 7.23. The Morgan fingerprint density at radius 2 is 1.94 bits per heavy atom. The topological polar surface area (TPSA) is 55.6 Å². The van der Waals surface area contributed by atoms with Crippen molar-refractivity contribution < 1.29 is 13.9 Å². The summed E-state index contributed by atoms with van der Waals surface area (Å²) >= 11 is 7.77. The van der Waals surface area contributed by atoms with Crippen LogP contribution in [0, 0.1) is 0 Å². The van der Waals surface area contributed by atoms with Crippen molar-refractivity contribution in [2.24, 2.45) is 0 Å². The number of carbonyl (C=O) groups excluding carboxylic acids is 1. The zero-order valence-corrected chi connectivity index (χ0v) is 18.8. The third-order valence-corrected chi connectivity index (χ3v) is 6.80. The molecule has 0 atom stereocenters. The highest BCUT2D eigenvalue weighted by Gasteiger charge is 2.23. The van der Waals surface area contributed by atoms with Crippen molar-refractivity contribution in [3.8, 4) is 5.75 Å². The van der Waals surface area contributed by atoms with E-state index in [1.807, 2.05) is 36.4 Å². The van der Waals surface area contributed by atoms with Crippen molar-refractivity contribution in [3.05, 3.63) is 89.3 Å². The van der Waals surface area contributed by atoms with Gasteiger partial charge < -0.3 is 9.15 Å². The number of thiazole rings is 1. The van der Waals surface area contributed by atoms with E-state index in [9.17, 15) is 4.79 Å². The maximum absolute atomic E-state index is 13.5. The lowest BCUT2D eigenvalue weighted by Gasteiger charge is -2.19. The lowest BCUT2D eigenvalue weighted by molar-refractivity contribution is -0.118. The number of halogens is 1. The molecular weight excluding hydrogens is 444 g/mol. The maximum Gasteiger partial charge on any atom is 0.233 e. The quantitative estimate of drug-likeness (QED) is 0.290. The summed E-state index contributed by atoms with van der Waals surface area (Å²) in [5.41, 5.74) is 1.58. The van der Waals surface area contributed by atoms with Crippen LogP contribution in [0.25, 0.3) is 21.0 Å². The molecule has 5 aromatic rings. The number of hydrogen-bond acceptors (Lipinski definition) is 5. The van der Waals surface area contributed by atoms with Gasteiger partial charge in [-0.1, -0.05) is 65.4 Å². The zero-order chi connectivity index (χ0) is 22.1. The zero-order valence-electron chi connectivity index (χ0n) is 17.2. The molecular formula is C25H19ClN2O3S. The largest absolute Gasteiger partial charge is 0.494 e. The summed E-state index contributed by atoms with van der Waals surface area (Å²) in [6, 6.07) is 21.4. The molecule has 5 rings (SSSR count). The van der Waals surface area contributed by atoms with Gasteiger partial charge in [-0.2, -0.15) is 0 Å². The van der Waals surface area contributed by atoms with E-state index in [0.717, 1.165) is 21.0 Å². The van der Waals surface area contributed by atoms with Crippen LogP contribution < -0.4 is 9.64 Å². The van der Waals surface area contributed by atoms with Crippen molar-refractivity contribution >= 4 is 55.0 Å². The van der Waals surface area contributed by atoms with Gasteiger partial charge in [-0.15, -0.1) is 0 Å². The number of fused-ring (bicyclic) bond motifs is 2. The van der Waals surface area contributed by atoms with Crippen LogP contribution >= 0.6 is 22.9 Å². The Bertz CT molecular complexity index is 1410. The summed E-state index contributed by atoms with van der Waals surface area (Å²) in [6.07, 6.45) is 1.84. The first kappa shape index (κ1) is 20.5. The Hall–Kier alpha value is -3.35. The van der Waals surface area contributed by atoms with Crippen LogP contribution in [-0.4, -0.2) is 18.0 Å². The second-order valence-electron chi connectivity index (χ2n) is 7.34. The minimum Gasteiger partial charge on any atom is -0.494 e. The lowest BCUT2D eigenvalue weighted by atomic mass is 10.0. The van der Waals surface area contributed by atoms with Gasteiger partial charge in [0.05, 0.1) is 36.1 Å². The molecule has 0 aliphatic heterocycles. The van der Waals surface area contributed by atoms with Gasteiger partial charge >= 0.3 is 0 Å². The molecule has 0 aliphatic rings. The first-order valence-corrected chi connectivity index (χ1v) is 11.3. The summed E-state index contributed by atoms with van der Waals surface area (Å²) in [4.78, 5) is 19.8. The molecule has 0 aliphatic carbocycles. The van der Waals surface area contributed by atoms with E-state index in [-0.39, 0.29) is 18.9 Å². The van der Waals surface area contributed by atoms with Crippen molar-refractivity contribution in [1.82, 2.24) is 4.98 Å². The van der Waals surface area contributed by atoms with Crippen molar-refractivity contribution in [2.45, 2.75) is 13.0 Å². The highest BCUT2D eigenvalue weighted by atomic mass is 35.5. The Morgan fingerprint density at radius 1 is 1.09 bits per heavy atom. The molecule has 32 heavy (non-hydrogen) atoms. The van der Waals surface area contributed by atoms with Crippen LogP contribution in [0.5, 0.6) is 5.75 Å². The molecule has 160 valence electrons. The standard InChI is InChI=1S/C25H19ClN2O3S/c1-30-21-11-10-20(26)24-23(21)27-25(32-24)28(15-19-7-4-12-31-19)22(29)14-16-8-9-17-5-2-3-6-18(17)13-16/h2-13H,14-15H2,1H3. The van der Waals surface area contributed by atoms with Crippen molar-refractivity contribution in [3.63, 3.8) is 0 Å². The first-order valence-electron chi connectivity index (χ1n) is 10.1. The smallest absolute Gasteiger partial charge is 0.233 e. The van der Waals surface area contributed by atoms with Gasteiger partial charge in [0.15, 0.2) is 5.13 Å². The Balaban J connectivity index is 1.52. The Morgan fingerprint density at radius 3 is 2.72 bits per heavy atom. The van der Waals surface area contributed by atoms with Crippen LogP contribution in [-0.2, 0) is 17.8 Å². The average molecular weight is 463 g/mol. The fourth-order valence-corrected chi connectivity index (χ4v) is 4.93. The molecule has 1 amide bonds. The molecule has 0 unspecified atom stereocenters. The number of rotatable bonds is 6. The van der Waals surface area contributed by atoms with Gasteiger partial charge in [-0.05, 0) is 40.6 Å². The number of anilines is 1. The SMILES string of the molecule is COc1ccc(Cl)c2sc(N(Cc3ccco3)C(=O)Cc3ccc4ccccc4c3)nc12. The summed E-state index contributed by atoms with van der Waals surface area (Å²) in [5, 5.41) is 3.37. The van der Waals surface area contributed by atoms with Crippen LogP contribution in [0.4, 0.5) is 5.13 Å². The van der Waals surface area contributed by atoms with Gasteiger partial charge in [0, 0.05) is 0 Å². The third-order valence-electron chi connectivity index (χ3n) is 5.26. The third kappa shape index (κ3) is 3.95. The molecule has 0 N–H and O–H groups in total. The number of aromatic nitrogens is 1. The van der Waals surface area contributed by atoms with E-state index < -0.39 is 0 Å². The van der Waals surface area contributed by atoms with Crippen LogP contribution in [0.1, 0.15) is 11.3 Å². The predicted molar refractivity (Wildman–Crippen MR) is 129 cm³/mol. The molecule has 0 spiro atoms. The molecule has 2 heterocycles. The number of furan rings is 1. The molecule has 2 aromatic heterocycles. The lowest BCUT2D eigenvalue weighted by Crippen LogP contribution is -2.31. The van der Waals surface area contributed by atoms with E-state index in [1.54, 1.807) is 36.5 Å². The van der Waals surface area contributed by atoms with Gasteiger partial charge in [0.25, 0.3) is 0 Å². The monoisotopic (exact) mass is 462 g/mol. The number of carbonyl (C=O) groups is 1. The number of ether oxygens (including phenoxy) is 1. The number of methoxy groups -OCH3 is 1. The number of benzene rings is 3. The Kier molecular flexibility index (Phi) is 5.55. The van der Waals surface area contributed by atoms with E-state index in [2.05, 4.69) is 12.1 Å². The van der Waals surface area contributed by atoms with Gasteiger partial charge in [-0.3, -0.25) is 9.69 Å². The van der Waals surface area contributed by atoms with Crippen LogP contribution in [0.3, 0.4) is 0 Å². The van der Waals surface area contributed by atoms with E-state index in [4.69, 9.17) is 25.7 Å². The fraction of sp³-hybridized carbons (Fsp3) is 0.120. The van der Waals surface area contributed by atoms with E-state index in [1.165, 1.54) is 11.3 Å². The van der Waals surface area contributed by atoms with Crippen molar-refractivity contribution in [2.75, 3.05) is 12.0 Å². The first-order chi connectivity index (χ1) is 15.6. The fourth-order valence-electron chi connectivity index (χ4n) is 3.66. The molecule has 0 radical (unpaired) electrons. The van der Waals surface area contributed by atoms with Gasteiger partial charge in [0.1, 0.15) is 17.0 Å². The van der Waals surface area contributed by atoms with Gasteiger partial charge in [0.2, 0.25) is 5.91 Å². The summed E-state index contributed by atoms with van der Waals surface area (Å²) < 4.78 is 11.7. The summed E-state index contributed by atoms with van der Waals surface area (Å²) in [7, 11) is 1.59. The molecule has 7 heteroatoms. The number of nitrogens with zero attached hydrogens (tertiary/aromatic N) is 2. The molecule has 3 aromatic carbocycles. The minimum atomic E-state index is -0.0779. The molecule has 5 nitrogen and oxygen atoms in total. The summed E-state index contributed by atoms with van der Waals surface area (Å²) in [5.74, 6) is 1.21. The van der Waals surface area contributed by atoms with Crippen LogP contribution in [0.15, 0.2) is 77.4 Å². The minimum absolute atomic E-state index is 0.0779. The second kappa shape index (κ2) is 8.65. The number of amides is 1. The highest BCUT2D eigenvalue weighted by Crippen LogP contribution is 2.39. The van der Waals surface area contributed by atoms with Gasteiger partial charge in [-0.25, -0.2) is 4.98 Å². The molecule has 0 saturated carbocycles. The predicted octanol–water partition coefficient (Wildman–Crippen LogP) is 6.48. The molecule has 0 saturated heterocycles. The average Bonchev–Trinajstić information content (AvgIpc) is 3.48. The molecule has 0 bridgehead atoms. The second-order valence-corrected chi connectivity index (χ2v) is 8.73. The number of hydrogen-bond donors (Lipinski definition) is 0. The van der Waals surface area contributed by atoms with Crippen LogP contribution in [0.2, 0.25) is 5.02 Å².